The fraction of sp³-hybridized carbons (Fsp3) is 0.769. The van der Waals surface area contributed by atoms with E-state index in [2.05, 4.69) is 11.8 Å². The number of hydrogen-bond acceptors (Lipinski definition) is 2. The largest absolute Gasteiger partial charge is 0.381 e. The smallest absolute Gasteiger partial charge is 0.298 e. The average Bonchev–Trinajstić information content (AvgIpc) is 2.29. The van der Waals surface area contributed by atoms with Crippen molar-refractivity contribution in [3.8, 4) is 11.8 Å². The summed E-state index contributed by atoms with van der Waals surface area (Å²) in [6.45, 7) is 3.39. The van der Waals surface area contributed by atoms with Crippen LogP contribution < -0.4 is 0 Å². The molecular formula is C13H19NO2. The number of carbonyl (C=O) groups excluding carboxylic acids is 1. The van der Waals surface area contributed by atoms with Gasteiger partial charge < -0.3 is 9.64 Å². The van der Waals surface area contributed by atoms with Crippen molar-refractivity contribution in [1.29, 1.82) is 0 Å². The summed E-state index contributed by atoms with van der Waals surface area (Å²) in [6.07, 6.45) is 5.00. The van der Waals surface area contributed by atoms with Crippen molar-refractivity contribution >= 4 is 5.91 Å². The van der Waals surface area contributed by atoms with Crippen molar-refractivity contribution in [2.75, 3.05) is 20.2 Å². The van der Waals surface area contributed by atoms with Gasteiger partial charge in [0.25, 0.3) is 5.91 Å². The number of hydrogen-bond donors (Lipinski definition) is 0. The number of ether oxygens (including phenoxy) is 1. The number of likely N-dealkylation sites (tertiary alicyclic amines) is 1. The maximum absolute atomic E-state index is 11.6. The van der Waals surface area contributed by atoms with Crippen molar-refractivity contribution in [1.82, 2.24) is 4.90 Å². The van der Waals surface area contributed by atoms with E-state index in [9.17, 15) is 4.79 Å². The molecule has 0 N–H and O–H groups in total. The first-order chi connectivity index (χ1) is 7.72. The number of rotatable bonds is 1. The lowest BCUT2D eigenvalue weighted by Crippen LogP contribution is -2.53. The van der Waals surface area contributed by atoms with Crippen molar-refractivity contribution in [3.05, 3.63) is 0 Å². The molecule has 0 aromatic carbocycles. The van der Waals surface area contributed by atoms with E-state index >= 15 is 0 Å². The first kappa shape index (κ1) is 11.5. The minimum Gasteiger partial charge on any atom is -0.381 e. The van der Waals surface area contributed by atoms with Crippen LogP contribution in [0.3, 0.4) is 0 Å². The molecule has 3 heteroatoms. The second-order valence-electron chi connectivity index (χ2n) is 4.79. The molecule has 1 amide bonds. The number of nitrogens with zero attached hydrogens (tertiary/aromatic N) is 1. The number of amides is 1. The fourth-order valence-electron chi connectivity index (χ4n) is 2.95. The molecule has 0 bridgehead atoms. The van der Waals surface area contributed by atoms with Crippen LogP contribution in [0.2, 0.25) is 0 Å². The van der Waals surface area contributed by atoms with Gasteiger partial charge in [-0.15, -0.1) is 0 Å². The van der Waals surface area contributed by atoms with Gasteiger partial charge in [0.15, 0.2) is 0 Å². The Balaban J connectivity index is 1.91. The van der Waals surface area contributed by atoms with Gasteiger partial charge in [-0.05, 0) is 38.5 Å². The Hall–Kier alpha value is -1.01. The van der Waals surface area contributed by atoms with E-state index < -0.39 is 0 Å². The van der Waals surface area contributed by atoms with E-state index in [1.54, 1.807) is 14.0 Å². The highest BCUT2D eigenvalue weighted by molar-refractivity contribution is 5.93. The van der Waals surface area contributed by atoms with E-state index in [-0.39, 0.29) is 5.91 Å². The molecule has 3 nitrogen and oxygen atoms in total. The summed E-state index contributed by atoms with van der Waals surface area (Å²) in [5.41, 5.74) is 0.366. The molecular weight excluding hydrogens is 202 g/mol. The second-order valence-corrected chi connectivity index (χ2v) is 4.79. The van der Waals surface area contributed by atoms with Crippen LogP contribution >= 0.6 is 0 Å². The van der Waals surface area contributed by atoms with Gasteiger partial charge in [-0.3, -0.25) is 4.79 Å². The molecule has 2 fully saturated rings. The van der Waals surface area contributed by atoms with E-state index in [0.717, 1.165) is 25.9 Å². The van der Waals surface area contributed by atoms with E-state index in [1.165, 1.54) is 12.8 Å². The van der Waals surface area contributed by atoms with Crippen molar-refractivity contribution in [2.45, 2.75) is 38.7 Å². The highest BCUT2D eigenvalue weighted by Gasteiger charge is 2.48. The van der Waals surface area contributed by atoms with Crippen LogP contribution in [0.1, 0.15) is 32.6 Å². The van der Waals surface area contributed by atoms with E-state index in [1.807, 2.05) is 4.90 Å². The zero-order valence-electron chi connectivity index (χ0n) is 10.1. The predicted octanol–water partition coefficient (Wildman–Crippen LogP) is 1.43. The van der Waals surface area contributed by atoms with Gasteiger partial charge in [-0.25, -0.2) is 0 Å². The lowest BCUT2D eigenvalue weighted by atomic mass is 9.61. The number of carbonyl (C=O) groups is 1. The highest BCUT2D eigenvalue weighted by Crippen LogP contribution is 2.50. The molecule has 1 aliphatic heterocycles. The van der Waals surface area contributed by atoms with Crippen LogP contribution in [0, 0.1) is 17.3 Å². The SMILES string of the molecule is CC#CC(=O)N1CCC2(CCC2OC)CC1. The summed E-state index contributed by atoms with van der Waals surface area (Å²) < 4.78 is 5.49. The van der Waals surface area contributed by atoms with Gasteiger partial charge in [-0.2, -0.15) is 0 Å². The molecule has 2 aliphatic rings. The van der Waals surface area contributed by atoms with Crippen LogP contribution in [0.15, 0.2) is 0 Å². The van der Waals surface area contributed by atoms with Gasteiger partial charge >= 0.3 is 0 Å². The highest BCUT2D eigenvalue weighted by atomic mass is 16.5. The zero-order chi connectivity index (χ0) is 11.6. The van der Waals surface area contributed by atoms with Gasteiger partial charge in [0.2, 0.25) is 0 Å². The minimum atomic E-state index is -0.0226. The molecule has 1 heterocycles. The molecule has 0 aromatic rings. The standard InChI is InChI=1S/C13H19NO2/c1-3-4-12(15)14-9-7-13(8-10-14)6-5-11(13)16-2/h11H,5-10H2,1-2H3. The Kier molecular flexibility index (Phi) is 3.20. The quantitative estimate of drug-likeness (QED) is 0.627. The van der Waals surface area contributed by atoms with Crippen LogP contribution in [0.4, 0.5) is 0 Å². The van der Waals surface area contributed by atoms with Crippen LogP contribution in [-0.2, 0) is 9.53 Å². The van der Waals surface area contributed by atoms with Gasteiger partial charge in [0.05, 0.1) is 6.10 Å². The molecule has 1 atom stereocenters. The fourth-order valence-corrected chi connectivity index (χ4v) is 2.95. The summed E-state index contributed by atoms with van der Waals surface area (Å²) in [7, 11) is 1.80. The lowest BCUT2D eigenvalue weighted by molar-refractivity contribution is -0.140. The Morgan fingerprint density at radius 2 is 2.06 bits per heavy atom. The monoisotopic (exact) mass is 221 g/mol. The third-order valence-electron chi connectivity index (χ3n) is 4.15. The third kappa shape index (κ3) is 1.82. The molecule has 16 heavy (non-hydrogen) atoms. The topological polar surface area (TPSA) is 29.5 Å². The Morgan fingerprint density at radius 3 is 2.50 bits per heavy atom. The summed E-state index contributed by atoms with van der Waals surface area (Å²) in [5, 5.41) is 0. The van der Waals surface area contributed by atoms with Gasteiger partial charge in [0.1, 0.15) is 0 Å². The molecule has 88 valence electrons. The first-order valence-corrected chi connectivity index (χ1v) is 5.96. The van der Waals surface area contributed by atoms with Gasteiger partial charge in [0, 0.05) is 25.6 Å². The van der Waals surface area contributed by atoms with Crippen LogP contribution in [0.25, 0.3) is 0 Å². The first-order valence-electron chi connectivity index (χ1n) is 5.96. The van der Waals surface area contributed by atoms with Crippen LogP contribution in [-0.4, -0.2) is 37.1 Å². The molecule has 2 rings (SSSR count). The summed E-state index contributed by atoms with van der Waals surface area (Å²) in [5.74, 6) is 5.25. The minimum absolute atomic E-state index is 0.0226. The van der Waals surface area contributed by atoms with E-state index in [0.29, 0.717) is 11.5 Å². The van der Waals surface area contributed by atoms with Gasteiger partial charge in [-0.1, -0.05) is 5.92 Å². The molecule has 1 saturated carbocycles. The average molecular weight is 221 g/mol. The lowest BCUT2D eigenvalue weighted by Gasteiger charge is -2.52. The van der Waals surface area contributed by atoms with Crippen LogP contribution in [0.5, 0.6) is 0 Å². The molecule has 1 spiro atoms. The van der Waals surface area contributed by atoms with E-state index in [4.69, 9.17) is 4.74 Å². The summed E-state index contributed by atoms with van der Waals surface area (Å²) in [6, 6.07) is 0. The van der Waals surface area contributed by atoms with Crippen molar-refractivity contribution in [3.63, 3.8) is 0 Å². The molecule has 0 aromatic heterocycles. The Morgan fingerprint density at radius 1 is 1.38 bits per heavy atom. The molecule has 0 radical (unpaired) electrons. The maximum atomic E-state index is 11.6. The predicted molar refractivity (Wildman–Crippen MR) is 61.7 cm³/mol. The summed E-state index contributed by atoms with van der Waals surface area (Å²) in [4.78, 5) is 13.5. The number of methoxy groups -OCH3 is 1. The maximum Gasteiger partial charge on any atom is 0.298 e. The second kappa shape index (κ2) is 4.47. The zero-order valence-corrected chi connectivity index (χ0v) is 10.1. The Labute approximate surface area is 97.1 Å². The Bertz CT molecular complexity index is 330. The molecule has 1 saturated heterocycles. The molecule has 1 unspecified atom stereocenters. The number of piperidine rings is 1. The summed E-state index contributed by atoms with van der Waals surface area (Å²) >= 11 is 0. The van der Waals surface area contributed by atoms with Crippen molar-refractivity contribution < 1.29 is 9.53 Å². The van der Waals surface area contributed by atoms with Crippen molar-refractivity contribution in [2.24, 2.45) is 5.41 Å². The normalized spacial score (nSPS) is 26.9. The third-order valence-corrected chi connectivity index (χ3v) is 4.15. The molecule has 1 aliphatic carbocycles.